The van der Waals surface area contributed by atoms with E-state index in [9.17, 15) is 14.7 Å². The van der Waals surface area contributed by atoms with Crippen LogP contribution in [0.3, 0.4) is 0 Å². The summed E-state index contributed by atoms with van der Waals surface area (Å²) in [5, 5.41) is 10.6. The molecule has 0 bridgehead atoms. The van der Waals surface area contributed by atoms with Crippen molar-refractivity contribution >= 4 is 11.8 Å². The van der Waals surface area contributed by atoms with E-state index in [0.29, 0.717) is 17.6 Å². The van der Waals surface area contributed by atoms with Crippen molar-refractivity contribution in [2.24, 2.45) is 56.2 Å². The summed E-state index contributed by atoms with van der Waals surface area (Å²) in [5.41, 5.74) is 0.376. The average Bonchev–Trinajstić information content (AvgIpc) is 2.73. The average molecular weight is 457 g/mol. The molecule has 0 aromatic rings. The maximum atomic E-state index is 12.9. The van der Waals surface area contributed by atoms with Crippen LogP contribution in [0.4, 0.5) is 0 Å². The van der Waals surface area contributed by atoms with Gasteiger partial charge in [0.05, 0.1) is 5.41 Å². The molecule has 5 rings (SSSR count). The Hall–Kier alpha value is -0.860. The van der Waals surface area contributed by atoms with Gasteiger partial charge < -0.3 is 5.11 Å². The van der Waals surface area contributed by atoms with E-state index < -0.39 is 11.4 Å². The topological polar surface area (TPSA) is 54.4 Å². The zero-order valence-corrected chi connectivity index (χ0v) is 22.4. The van der Waals surface area contributed by atoms with Gasteiger partial charge in [-0.3, -0.25) is 9.59 Å². The highest BCUT2D eigenvalue weighted by Gasteiger charge is 2.72. The minimum atomic E-state index is -0.521. The molecule has 5 aliphatic rings. The molecule has 3 nitrogen and oxygen atoms in total. The third kappa shape index (κ3) is 2.80. The highest BCUT2D eigenvalue weighted by atomic mass is 16.4. The summed E-state index contributed by atoms with van der Waals surface area (Å²) < 4.78 is 0. The lowest BCUT2D eigenvalue weighted by Gasteiger charge is -2.74. The molecule has 9 atom stereocenters. The largest absolute Gasteiger partial charge is 0.481 e. The van der Waals surface area contributed by atoms with Crippen LogP contribution in [-0.2, 0) is 9.59 Å². The molecule has 5 fully saturated rings. The van der Waals surface area contributed by atoms with Crippen LogP contribution in [0.2, 0.25) is 0 Å². The fraction of sp³-hybridized carbons (Fsp3) is 0.933. The zero-order chi connectivity index (χ0) is 24.2. The molecule has 33 heavy (non-hydrogen) atoms. The molecule has 186 valence electrons. The van der Waals surface area contributed by atoms with Gasteiger partial charge in [-0.1, -0.05) is 48.5 Å². The molecule has 0 heterocycles. The number of carbonyl (C=O) groups is 2. The number of carbonyl (C=O) groups excluding carboxylic acids is 1. The highest BCUT2D eigenvalue weighted by Crippen LogP contribution is 2.78. The first-order valence-electron chi connectivity index (χ1n) is 13.9. The highest BCUT2D eigenvalue weighted by molar-refractivity contribution is 5.82. The first-order valence-corrected chi connectivity index (χ1v) is 13.9. The number of carboxylic acids is 1. The van der Waals surface area contributed by atoms with Crippen molar-refractivity contribution < 1.29 is 14.7 Å². The number of rotatable bonds is 1. The van der Waals surface area contributed by atoms with Crippen LogP contribution in [0, 0.1) is 56.2 Å². The molecule has 5 saturated carbocycles. The quantitative estimate of drug-likeness (QED) is 0.444. The Morgan fingerprint density at radius 2 is 1.36 bits per heavy atom. The molecule has 0 spiro atoms. The Morgan fingerprint density at radius 3 is 2.03 bits per heavy atom. The van der Waals surface area contributed by atoms with Gasteiger partial charge in [-0.25, -0.2) is 0 Å². The lowest BCUT2D eigenvalue weighted by Crippen LogP contribution is -2.68. The van der Waals surface area contributed by atoms with Crippen molar-refractivity contribution in [1.29, 1.82) is 0 Å². The molecule has 1 N–H and O–H groups in total. The number of carboxylic acid groups (broad SMARTS) is 1. The van der Waals surface area contributed by atoms with Gasteiger partial charge in [0.2, 0.25) is 0 Å². The van der Waals surface area contributed by atoms with Crippen LogP contribution < -0.4 is 0 Å². The number of hydrogen-bond donors (Lipinski definition) is 1. The van der Waals surface area contributed by atoms with E-state index >= 15 is 0 Å². The van der Waals surface area contributed by atoms with E-state index in [4.69, 9.17) is 0 Å². The van der Waals surface area contributed by atoms with E-state index in [2.05, 4.69) is 48.5 Å². The molecule has 1 unspecified atom stereocenters. The van der Waals surface area contributed by atoms with Gasteiger partial charge in [0, 0.05) is 12.3 Å². The first kappa shape index (κ1) is 23.9. The van der Waals surface area contributed by atoms with Crippen LogP contribution in [0.15, 0.2) is 0 Å². The monoisotopic (exact) mass is 456 g/mol. The smallest absolute Gasteiger partial charge is 0.309 e. The number of Topliss-reactive ketones (excluding diaryl/α,β-unsaturated/α-hetero) is 1. The summed E-state index contributed by atoms with van der Waals surface area (Å²) in [6.45, 7) is 17.0. The standard InChI is InChI=1S/C30H48O3/c1-19-20(31)8-9-21-26(19,4)11-10-22-27(21,5)13-14-29(7)23-18-25(2,3)12-16-30(23,24(32)33)17-15-28(22,29)6/h19,21-23H,8-18H2,1-7H3,(H,32,33)/t19-,21+,22-,23-,26+,27-,28-,29-,30?/m0/s1. The first-order chi connectivity index (χ1) is 15.2. The minimum Gasteiger partial charge on any atom is -0.481 e. The van der Waals surface area contributed by atoms with Crippen LogP contribution in [0.25, 0.3) is 0 Å². The van der Waals surface area contributed by atoms with Gasteiger partial charge in [-0.05, 0) is 109 Å². The molecular formula is C30H48O3. The fourth-order valence-corrected chi connectivity index (χ4v) is 11.2. The van der Waals surface area contributed by atoms with Crippen molar-refractivity contribution in [3.63, 3.8) is 0 Å². The van der Waals surface area contributed by atoms with E-state index in [1.807, 2.05) is 0 Å². The Balaban J connectivity index is 1.57. The number of aliphatic carboxylic acids is 1. The fourth-order valence-electron chi connectivity index (χ4n) is 11.2. The van der Waals surface area contributed by atoms with E-state index in [1.54, 1.807) is 0 Å². The molecule has 5 aliphatic carbocycles. The predicted octanol–water partition coefficient (Wildman–Crippen LogP) is 7.52. The minimum absolute atomic E-state index is 0.0787. The lowest BCUT2D eigenvalue weighted by atomic mass is 9.30. The molecule has 0 radical (unpaired) electrons. The second kappa shape index (κ2) is 6.88. The zero-order valence-electron chi connectivity index (χ0n) is 22.4. The van der Waals surface area contributed by atoms with Gasteiger partial charge in [-0.15, -0.1) is 0 Å². The summed E-state index contributed by atoms with van der Waals surface area (Å²) in [7, 11) is 0. The van der Waals surface area contributed by atoms with Crippen molar-refractivity contribution in [2.75, 3.05) is 0 Å². The van der Waals surface area contributed by atoms with Gasteiger partial charge in [0.1, 0.15) is 5.78 Å². The van der Waals surface area contributed by atoms with Gasteiger partial charge in [-0.2, -0.15) is 0 Å². The number of hydrogen-bond acceptors (Lipinski definition) is 2. The summed E-state index contributed by atoms with van der Waals surface area (Å²) in [6.07, 6.45) is 11.4. The summed E-state index contributed by atoms with van der Waals surface area (Å²) in [6, 6.07) is 0. The molecule has 0 aliphatic heterocycles. The second-order valence-electron chi connectivity index (χ2n) is 15.1. The maximum absolute atomic E-state index is 12.9. The van der Waals surface area contributed by atoms with Crippen molar-refractivity contribution in [1.82, 2.24) is 0 Å². The van der Waals surface area contributed by atoms with E-state index in [-0.39, 0.29) is 38.9 Å². The van der Waals surface area contributed by atoms with Crippen LogP contribution in [0.1, 0.15) is 119 Å². The normalized spacial score (nSPS) is 55.5. The van der Waals surface area contributed by atoms with Gasteiger partial charge in [0.25, 0.3) is 0 Å². The van der Waals surface area contributed by atoms with E-state index in [0.717, 1.165) is 57.8 Å². The SMILES string of the molecule is C[C@H]1C(=O)CC[C@@H]2[C@]1(C)CC[C@H]1[C@@]2(C)CC[C@@]2(C)[C@@H]3CC(C)(C)CCC3(C(=O)O)CC[C@@]12C. The van der Waals surface area contributed by atoms with Crippen molar-refractivity contribution in [3.05, 3.63) is 0 Å². The Labute approximate surface area is 201 Å². The summed E-state index contributed by atoms with van der Waals surface area (Å²) >= 11 is 0. The summed E-state index contributed by atoms with van der Waals surface area (Å²) in [4.78, 5) is 25.6. The molecular weight excluding hydrogens is 408 g/mol. The van der Waals surface area contributed by atoms with Crippen molar-refractivity contribution in [3.8, 4) is 0 Å². The lowest BCUT2D eigenvalue weighted by molar-refractivity contribution is -0.259. The Morgan fingerprint density at radius 1 is 0.758 bits per heavy atom. The summed E-state index contributed by atoms with van der Waals surface area (Å²) in [5.74, 6) is 1.67. The molecule has 0 amide bonds. The maximum Gasteiger partial charge on any atom is 0.309 e. The third-order valence-corrected chi connectivity index (χ3v) is 13.7. The number of fused-ring (bicyclic) bond motifs is 7. The van der Waals surface area contributed by atoms with Gasteiger partial charge >= 0.3 is 5.97 Å². The Kier molecular flexibility index (Phi) is 4.97. The third-order valence-electron chi connectivity index (χ3n) is 13.7. The molecule has 0 aromatic carbocycles. The van der Waals surface area contributed by atoms with Crippen molar-refractivity contribution in [2.45, 2.75) is 119 Å². The van der Waals surface area contributed by atoms with Crippen LogP contribution in [0.5, 0.6) is 0 Å². The van der Waals surface area contributed by atoms with Gasteiger partial charge in [0.15, 0.2) is 0 Å². The molecule has 0 saturated heterocycles. The number of ketones is 1. The predicted molar refractivity (Wildman–Crippen MR) is 132 cm³/mol. The molecule has 3 heteroatoms. The Bertz CT molecular complexity index is 876. The van der Waals surface area contributed by atoms with Crippen LogP contribution >= 0.6 is 0 Å². The second-order valence-corrected chi connectivity index (χ2v) is 15.1. The molecule has 0 aromatic heterocycles. The van der Waals surface area contributed by atoms with Crippen LogP contribution in [-0.4, -0.2) is 16.9 Å². The van der Waals surface area contributed by atoms with E-state index in [1.165, 1.54) is 12.8 Å².